The zero-order valence-electron chi connectivity index (χ0n) is 14.3. The van der Waals surface area contributed by atoms with Crippen molar-refractivity contribution in [2.24, 2.45) is 0 Å². The van der Waals surface area contributed by atoms with Crippen LogP contribution in [0, 0.1) is 0 Å². The number of amides is 1. The zero-order valence-corrected chi connectivity index (χ0v) is 14.3. The number of hydrogen-bond acceptors (Lipinski definition) is 3. The molecule has 0 spiro atoms. The van der Waals surface area contributed by atoms with E-state index in [0.717, 1.165) is 43.2 Å². The minimum absolute atomic E-state index is 0.00664. The highest BCUT2D eigenvalue weighted by Crippen LogP contribution is 2.26. The molecule has 1 amide bonds. The molecule has 1 fully saturated rings. The van der Waals surface area contributed by atoms with Gasteiger partial charge in [-0.25, -0.2) is 0 Å². The Kier molecular flexibility index (Phi) is 4.86. The van der Waals surface area contributed by atoms with E-state index in [1.807, 2.05) is 62.4 Å². The van der Waals surface area contributed by atoms with Gasteiger partial charge >= 0.3 is 0 Å². The predicted molar refractivity (Wildman–Crippen MR) is 97.6 cm³/mol. The molecule has 0 radical (unpaired) electrons. The number of morpholine rings is 1. The molecule has 0 aromatic heterocycles. The fraction of sp³-hybridized carbons (Fsp3) is 0.350. The Morgan fingerprint density at radius 1 is 1.04 bits per heavy atom. The molecule has 4 nitrogen and oxygen atoms in total. The Labute approximate surface area is 143 Å². The van der Waals surface area contributed by atoms with Crippen LogP contribution in [0.3, 0.4) is 0 Å². The summed E-state index contributed by atoms with van der Waals surface area (Å²) < 4.78 is 5.40. The van der Waals surface area contributed by atoms with E-state index in [-0.39, 0.29) is 5.91 Å². The van der Waals surface area contributed by atoms with Gasteiger partial charge in [-0.3, -0.25) is 4.79 Å². The molecule has 0 atom stereocenters. The number of anilines is 2. The van der Waals surface area contributed by atoms with Gasteiger partial charge in [-0.15, -0.1) is 0 Å². The van der Waals surface area contributed by atoms with Crippen LogP contribution in [0.4, 0.5) is 11.4 Å². The molecule has 1 aliphatic rings. The highest BCUT2D eigenvalue weighted by atomic mass is 16.5. The first kappa shape index (κ1) is 16.5. The maximum absolute atomic E-state index is 12.8. The zero-order chi connectivity index (χ0) is 17.0. The SMILES string of the molecule is CC(C)(C(=O)Nc1cccc(N2CCOCC2)c1)c1ccccc1. The van der Waals surface area contributed by atoms with Crippen molar-refractivity contribution in [1.29, 1.82) is 0 Å². The number of hydrogen-bond donors (Lipinski definition) is 1. The molecule has 0 saturated carbocycles. The maximum atomic E-state index is 12.8. The van der Waals surface area contributed by atoms with Crippen molar-refractivity contribution in [3.63, 3.8) is 0 Å². The van der Waals surface area contributed by atoms with Crippen LogP contribution in [-0.2, 0) is 14.9 Å². The van der Waals surface area contributed by atoms with Crippen LogP contribution in [0.25, 0.3) is 0 Å². The van der Waals surface area contributed by atoms with Crippen molar-refractivity contribution in [3.05, 3.63) is 60.2 Å². The number of rotatable bonds is 4. The summed E-state index contributed by atoms with van der Waals surface area (Å²) in [7, 11) is 0. The van der Waals surface area contributed by atoms with Crippen molar-refractivity contribution in [1.82, 2.24) is 0 Å². The van der Waals surface area contributed by atoms with Gasteiger partial charge in [-0.1, -0.05) is 36.4 Å². The first-order valence-corrected chi connectivity index (χ1v) is 8.37. The number of ether oxygens (including phenoxy) is 1. The summed E-state index contributed by atoms with van der Waals surface area (Å²) in [4.78, 5) is 15.1. The molecule has 1 heterocycles. The summed E-state index contributed by atoms with van der Waals surface area (Å²) >= 11 is 0. The van der Waals surface area contributed by atoms with Gasteiger partial charge in [0.25, 0.3) is 0 Å². The number of nitrogens with one attached hydrogen (secondary N) is 1. The van der Waals surface area contributed by atoms with E-state index in [9.17, 15) is 4.79 Å². The molecule has 1 N–H and O–H groups in total. The van der Waals surface area contributed by atoms with Crippen molar-refractivity contribution in [3.8, 4) is 0 Å². The molecule has 3 rings (SSSR count). The van der Waals surface area contributed by atoms with Gasteiger partial charge in [0, 0.05) is 24.5 Å². The smallest absolute Gasteiger partial charge is 0.234 e. The Hall–Kier alpha value is -2.33. The van der Waals surface area contributed by atoms with Crippen molar-refractivity contribution < 1.29 is 9.53 Å². The van der Waals surface area contributed by atoms with E-state index >= 15 is 0 Å². The molecule has 1 aliphatic heterocycles. The van der Waals surface area contributed by atoms with Crippen molar-refractivity contribution in [2.45, 2.75) is 19.3 Å². The third-order valence-corrected chi connectivity index (χ3v) is 4.54. The second-order valence-electron chi connectivity index (χ2n) is 6.59. The van der Waals surface area contributed by atoms with Gasteiger partial charge in [0.05, 0.1) is 18.6 Å². The van der Waals surface area contributed by atoms with Crippen LogP contribution < -0.4 is 10.2 Å². The summed E-state index contributed by atoms with van der Waals surface area (Å²) in [6.45, 7) is 7.15. The van der Waals surface area contributed by atoms with Gasteiger partial charge in [-0.05, 0) is 37.6 Å². The van der Waals surface area contributed by atoms with Gasteiger partial charge in [0.15, 0.2) is 0 Å². The molecule has 0 aliphatic carbocycles. The summed E-state index contributed by atoms with van der Waals surface area (Å²) in [6.07, 6.45) is 0. The van der Waals surface area contributed by atoms with Gasteiger partial charge in [-0.2, -0.15) is 0 Å². The van der Waals surface area contributed by atoms with Crippen LogP contribution in [0.15, 0.2) is 54.6 Å². The molecule has 24 heavy (non-hydrogen) atoms. The fourth-order valence-corrected chi connectivity index (χ4v) is 2.88. The first-order valence-electron chi connectivity index (χ1n) is 8.37. The number of carbonyl (C=O) groups is 1. The van der Waals surface area contributed by atoms with Crippen LogP contribution in [0.2, 0.25) is 0 Å². The summed E-state index contributed by atoms with van der Waals surface area (Å²) in [5.74, 6) is -0.00664. The van der Waals surface area contributed by atoms with Crippen LogP contribution >= 0.6 is 0 Å². The number of nitrogens with zero attached hydrogens (tertiary/aromatic N) is 1. The highest BCUT2D eigenvalue weighted by molar-refractivity contribution is 5.98. The lowest BCUT2D eigenvalue weighted by molar-refractivity contribution is -0.120. The van der Waals surface area contributed by atoms with Gasteiger partial charge in [0.2, 0.25) is 5.91 Å². The summed E-state index contributed by atoms with van der Waals surface area (Å²) in [5.41, 5.74) is 2.37. The van der Waals surface area contributed by atoms with Crippen molar-refractivity contribution >= 4 is 17.3 Å². The lowest BCUT2D eigenvalue weighted by Crippen LogP contribution is -2.36. The molecular weight excluding hydrogens is 300 g/mol. The van der Waals surface area contributed by atoms with Gasteiger partial charge in [0.1, 0.15) is 0 Å². The third-order valence-electron chi connectivity index (χ3n) is 4.54. The average molecular weight is 324 g/mol. The Bertz CT molecular complexity index is 692. The molecule has 0 bridgehead atoms. The van der Waals surface area contributed by atoms with E-state index in [1.54, 1.807) is 0 Å². The lowest BCUT2D eigenvalue weighted by Gasteiger charge is -2.29. The minimum atomic E-state index is -0.587. The minimum Gasteiger partial charge on any atom is -0.378 e. The van der Waals surface area contributed by atoms with Crippen LogP contribution in [0.5, 0.6) is 0 Å². The Morgan fingerprint density at radius 3 is 2.46 bits per heavy atom. The molecule has 0 unspecified atom stereocenters. The largest absolute Gasteiger partial charge is 0.378 e. The molecule has 4 heteroatoms. The van der Waals surface area contributed by atoms with E-state index < -0.39 is 5.41 Å². The maximum Gasteiger partial charge on any atom is 0.234 e. The second kappa shape index (κ2) is 7.05. The van der Waals surface area contributed by atoms with Crippen molar-refractivity contribution in [2.75, 3.05) is 36.5 Å². The molecular formula is C20H24N2O2. The van der Waals surface area contributed by atoms with Gasteiger partial charge < -0.3 is 15.0 Å². The average Bonchev–Trinajstić information content (AvgIpc) is 2.63. The topological polar surface area (TPSA) is 41.6 Å². The van der Waals surface area contributed by atoms with Crippen LogP contribution in [-0.4, -0.2) is 32.2 Å². The lowest BCUT2D eigenvalue weighted by atomic mass is 9.83. The van der Waals surface area contributed by atoms with E-state index in [2.05, 4.69) is 16.3 Å². The molecule has 1 saturated heterocycles. The summed E-state index contributed by atoms with van der Waals surface area (Å²) in [5, 5.41) is 3.06. The Morgan fingerprint density at radius 2 is 1.75 bits per heavy atom. The first-order chi connectivity index (χ1) is 11.6. The quantitative estimate of drug-likeness (QED) is 0.937. The monoisotopic (exact) mass is 324 g/mol. The standard InChI is InChI=1S/C20H24N2O2/c1-20(2,16-7-4-3-5-8-16)19(23)21-17-9-6-10-18(15-17)22-11-13-24-14-12-22/h3-10,15H,11-14H2,1-2H3,(H,21,23). The van der Waals surface area contributed by atoms with E-state index in [1.165, 1.54) is 0 Å². The molecule has 2 aromatic carbocycles. The predicted octanol–water partition coefficient (Wildman–Crippen LogP) is 3.44. The third kappa shape index (κ3) is 3.60. The normalized spacial score (nSPS) is 15.2. The Balaban J connectivity index is 1.74. The fourth-order valence-electron chi connectivity index (χ4n) is 2.88. The number of benzene rings is 2. The molecule has 2 aromatic rings. The highest BCUT2D eigenvalue weighted by Gasteiger charge is 2.29. The summed E-state index contributed by atoms with van der Waals surface area (Å²) in [6, 6.07) is 17.9. The molecule has 126 valence electrons. The number of carbonyl (C=O) groups excluding carboxylic acids is 1. The second-order valence-corrected chi connectivity index (χ2v) is 6.59. The van der Waals surface area contributed by atoms with E-state index in [4.69, 9.17) is 4.74 Å². The van der Waals surface area contributed by atoms with Crippen LogP contribution in [0.1, 0.15) is 19.4 Å². The van der Waals surface area contributed by atoms with E-state index in [0.29, 0.717) is 0 Å².